The molecule has 0 saturated heterocycles. The smallest absolute Gasteiger partial charge is 0.408 e. The number of alkyl halides is 4. The predicted molar refractivity (Wildman–Crippen MR) is 131 cm³/mol. The summed E-state index contributed by atoms with van der Waals surface area (Å²) >= 11 is 0. The van der Waals surface area contributed by atoms with Crippen molar-refractivity contribution in [3.05, 3.63) is 59.2 Å². The van der Waals surface area contributed by atoms with Crippen LogP contribution in [0.1, 0.15) is 74.5 Å². The number of nitrogens with two attached hydrogens (primary N) is 1. The average Bonchev–Trinajstić information content (AvgIpc) is 3.56. The van der Waals surface area contributed by atoms with Crippen LogP contribution in [0.3, 0.4) is 0 Å². The molecule has 38 heavy (non-hydrogen) atoms. The number of carbonyl (C=O) groups excluding carboxylic acids is 2. The Balaban J connectivity index is 1.77. The van der Waals surface area contributed by atoms with Gasteiger partial charge in [-0.05, 0) is 69.4 Å². The number of hydrogen-bond donors (Lipinski definition) is 1. The number of cyclic esters (lactones) is 1. The molecule has 0 spiro atoms. The van der Waals surface area contributed by atoms with E-state index < -0.39 is 53.4 Å². The van der Waals surface area contributed by atoms with Gasteiger partial charge in [0.2, 0.25) is 5.91 Å². The summed E-state index contributed by atoms with van der Waals surface area (Å²) in [5.41, 5.74) is 3.25. The molecule has 10 heteroatoms. The van der Waals surface area contributed by atoms with Crippen molar-refractivity contribution < 1.29 is 31.9 Å². The summed E-state index contributed by atoms with van der Waals surface area (Å²) in [6.07, 6.45) is -5.27. The Morgan fingerprint density at radius 3 is 2.16 bits per heavy atom. The summed E-state index contributed by atoms with van der Waals surface area (Å²) in [6.45, 7) is 5.81. The summed E-state index contributed by atoms with van der Waals surface area (Å²) in [5.74, 6) is -1.56. The van der Waals surface area contributed by atoms with Crippen LogP contribution in [0.4, 0.5) is 17.6 Å². The number of ether oxygens (including phenoxy) is 1. The van der Waals surface area contributed by atoms with Gasteiger partial charge in [-0.1, -0.05) is 30.3 Å². The first-order chi connectivity index (χ1) is 17.5. The lowest BCUT2D eigenvalue weighted by Crippen LogP contribution is -2.57. The highest BCUT2D eigenvalue weighted by atomic mass is 19.4. The second-order valence-corrected chi connectivity index (χ2v) is 11.1. The van der Waals surface area contributed by atoms with Crippen LogP contribution >= 0.6 is 0 Å². The van der Waals surface area contributed by atoms with Crippen molar-refractivity contribution in [3.8, 4) is 17.2 Å². The monoisotopic (exact) mass is 531 g/mol. The molecular formula is C28H29F4N3O3. The van der Waals surface area contributed by atoms with Crippen molar-refractivity contribution in [3.63, 3.8) is 0 Å². The first-order valence-corrected chi connectivity index (χ1v) is 12.2. The fraction of sp³-hybridized carbons (Fsp3) is 0.464. The van der Waals surface area contributed by atoms with Crippen molar-refractivity contribution in [1.29, 1.82) is 5.26 Å². The number of benzene rings is 2. The maximum Gasteiger partial charge on any atom is 0.408 e. The number of fused-ring (bicyclic) bond motifs is 1. The van der Waals surface area contributed by atoms with Crippen LogP contribution in [0.15, 0.2) is 42.5 Å². The molecule has 1 aliphatic heterocycles. The third kappa shape index (κ3) is 5.12. The number of primary amides is 1. The number of carbonyl (C=O) groups is 2. The zero-order chi connectivity index (χ0) is 28.3. The standard InChI is InChI=1S/C28H29F4N3O3/c1-25(2,29)14-21(23(34)36)35(27(15-33)11-12-27)22(28(30,31)32)17-7-5-16(6-8-17)18-9-10-19-20(13-18)26(3,4)38-24(19)37/h5-10,13,21-22H,11-12,14H2,1-4H3,(H2,34,36)/t21-,22-/m0/s1. The van der Waals surface area contributed by atoms with Crippen molar-refractivity contribution >= 4 is 11.9 Å². The minimum absolute atomic E-state index is 0.108. The lowest BCUT2D eigenvalue weighted by molar-refractivity contribution is -0.201. The van der Waals surface area contributed by atoms with Gasteiger partial charge in [0.25, 0.3) is 0 Å². The highest BCUT2D eigenvalue weighted by Gasteiger charge is 2.61. The van der Waals surface area contributed by atoms with Gasteiger partial charge in [0, 0.05) is 12.0 Å². The molecule has 0 unspecified atom stereocenters. The molecule has 202 valence electrons. The Morgan fingerprint density at radius 1 is 1.11 bits per heavy atom. The van der Waals surface area contributed by atoms with E-state index in [1.54, 1.807) is 32.0 Å². The molecule has 4 rings (SSSR count). The Bertz CT molecular complexity index is 1300. The molecule has 2 aliphatic rings. The molecule has 1 aliphatic carbocycles. The number of amides is 1. The van der Waals surface area contributed by atoms with E-state index >= 15 is 0 Å². The van der Waals surface area contributed by atoms with Gasteiger partial charge >= 0.3 is 12.1 Å². The van der Waals surface area contributed by atoms with Gasteiger partial charge in [0.05, 0.1) is 17.7 Å². The van der Waals surface area contributed by atoms with Crippen LogP contribution in [-0.4, -0.2) is 40.2 Å². The fourth-order valence-corrected chi connectivity index (χ4v) is 5.17. The van der Waals surface area contributed by atoms with Gasteiger partial charge in [-0.3, -0.25) is 9.69 Å². The second kappa shape index (κ2) is 9.09. The molecule has 1 heterocycles. The molecule has 0 bridgehead atoms. The third-order valence-corrected chi connectivity index (χ3v) is 7.15. The summed E-state index contributed by atoms with van der Waals surface area (Å²) < 4.78 is 64.0. The number of nitrogens with zero attached hydrogens (tertiary/aromatic N) is 2. The van der Waals surface area contributed by atoms with E-state index in [1.165, 1.54) is 24.3 Å². The van der Waals surface area contributed by atoms with Crippen LogP contribution in [0.5, 0.6) is 0 Å². The minimum atomic E-state index is -4.89. The largest absolute Gasteiger partial charge is 0.451 e. The summed E-state index contributed by atoms with van der Waals surface area (Å²) in [7, 11) is 0. The number of nitriles is 1. The summed E-state index contributed by atoms with van der Waals surface area (Å²) in [5, 5.41) is 9.81. The van der Waals surface area contributed by atoms with Crippen LogP contribution in [0.25, 0.3) is 11.1 Å². The van der Waals surface area contributed by atoms with E-state index in [4.69, 9.17) is 10.5 Å². The van der Waals surface area contributed by atoms with Crippen molar-refractivity contribution in [1.82, 2.24) is 4.90 Å². The Morgan fingerprint density at radius 2 is 1.68 bits per heavy atom. The zero-order valence-electron chi connectivity index (χ0n) is 21.5. The molecule has 2 atom stereocenters. The molecular weight excluding hydrogens is 502 g/mol. The molecule has 2 aromatic carbocycles. The molecule has 1 saturated carbocycles. The number of hydrogen-bond acceptors (Lipinski definition) is 5. The maximum atomic E-state index is 14.7. The normalized spacial score (nSPS) is 19.3. The highest BCUT2D eigenvalue weighted by molar-refractivity contribution is 5.95. The Labute approximate surface area is 218 Å². The Hall–Kier alpha value is -3.45. The zero-order valence-corrected chi connectivity index (χ0v) is 21.5. The van der Waals surface area contributed by atoms with E-state index in [0.717, 1.165) is 18.7 Å². The minimum Gasteiger partial charge on any atom is -0.451 e. The van der Waals surface area contributed by atoms with E-state index in [-0.39, 0.29) is 18.4 Å². The van der Waals surface area contributed by atoms with Gasteiger partial charge in [-0.2, -0.15) is 18.4 Å². The molecule has 6 nitrogen and oxygen atoms in total. The summed E-state index contributed by atoms with van der Waals surface area (Å²) in [6, 6.07) is 8.56. The molecule has 1 amide bonds. The third-order valence-electron chi connectivity index (χ3n) is 7.15. The van der Waals surface area contributed by atoms with E-state index in [1.807, 2.05) is 6.07 Å². The average molecular weight is 532 g/mol. The maximum absolute atomic E-state index is 14.7. The van der Waals surface area contributed by atoms with Gasteiger partial charge in [0.1, 0.15) is 22.9 Å². The Kier molecular flexibility index (Phi) is 6.59. The molecule has 0 aromatic heterocycles. The predicted octanol–water partition coefficient (Wildman–Crippen LogP) is 5.71. The van der Waals surface area contributed by atoms with E-state index in [2.05, 4.69) is 0 Å². The summed E-state index contributed by atoms with van der Waals surface area (Å²) in [4.78, 5) is 25.2. The van der Waals surface area contributed by atoms with Gasteiger partial charge in [-0.15, -0.1) is 0 Å². The van der Waals surface area contributed by atoms with Crippen LogP contribution in [0.2, 0.25) is 0 Å². The quantitative estimate of drug-likeness (QED) is 0.348. The highest BCUT2D eigenvalue weighted by Crippen LogP contribution is 2.52. The van der Waals surface area contributed by atoms with Crippen LogP contribution in [-0.2, 0) is 15.1 Å². The van der Waals surface area contributed by atoms with Crippen molar-refractivity contribution in [2.75, 3.05) is 0 Å². The van der Waals surface area contributed by atoms with Gasteiger partial charge in [0.15, 0.2) is 0 Å². The van der Waals surface area contributed by atoms with Crippen molar-refractivity contribution in [2.45, 2.75) is 82.0 Å². The SMILES string of the molecule is CC(C)(F)C[C@@H](C(N)=O)N([C@@H](c1ccc(-c2ccc3c(c2)C(C)(C)OC3=O)cc1)C(F)(F)F)C1(C#N)CC1. The molecule has 2 aromatic rings. The first kappa shape index (κ1) is 27.6. The molecule has 0 radical (unpaired) electrons. The van der Waals surface area contributed by atoms with Gasteiger partial charge < -0.3 is 10.5 Å². The first-order valence-electron chi connectivity index (χ1n) is 12.2. The van der Waals surface area contributed by atoms with Crippen LogP contribution < -0.4 is 5.73 Å². The van der Waals surface area contributed by atoms with Crippen molar-refractivity contribution in [2.24, 2.45) is 5.73 Å². The van der Waals surface area contributed by atoms with Crippen LogP contribution in [0, 0.1) is 11.3 Å². The lowest BCUT2D eigenvalue weighted by Gasteiger charge is -2.42. The van der Waals surface area contributed by atoms with Gasteiger partial charge in [-0.25, -0.2) is 9.18 Å². The fourth-order valence-electron chi connectivity index (χ4n) is 5.17. The molecule has 1 fully saturated rings. The topological polar surface area (TPSA) is 96.4 Å². The number of halogens is 4. The van der Waals surface area contributed by atoms with E-state index in [9.17, 15) is 32.4 Å². The number of rotatable bonds is 8. The number of esters is 1. The van der Waals surface area contributed by atoms with E-state index in [0.29, 0.717) is 22.3 Å². The lowest BCUT2D eigenvalue weighted by atomic mass is 9.90. The molecule has 2 N–H and O–H groups in total. The second-order valence-electron chi connectivity index (χ2n) is 11.1.